The molecule has 43 heavy (non-hydrogen) atoms. The summed E-state index contributed by atoms with van der Waals surface area (Å²) >= 11 is 0. The first kappa shape index (κ1) is 37.8. The molecule has 1 aromatic rings. The van der Waals surface area contributed by atoms with Gasteiger partial charge >= 0.3 is 6.09 Å². The van der Waals surface area contributed by atoms with E-state index in [0.717, 1.165) is 0 Å². The van der Waals surface area contributed by atoms with Crippen LogP contribution in [0.3, 0.4) is 0 Å². The quantitative estimate of drug-likeness (QED) is 0.147. The number of allylic oxidation sites excluding steroid dienone is 1. The van der Waals surface area contributed by atoms with Crippen LogP contribution in [0.4, 0.5) is 16.2 Å². The molecular formula is C31H48ClN3O8. The van der Waals surface area contributed by atoms with Gasteiger partial charge in [-0.25, -0.2) is 4.79 Å². The highest BCUT2D eigenvalue weighted by atomic mass is 35.5. The maximum absolute atomic E-state index is 13.0. The Bertz CT molecular complexity index is 1170. The van der Waals surface area contributed by atoms with Crippen molar-refractivity contribution in [2.24, 2.45) is 17.6 Å². The van der Waals surface area contributed by atoms with E-state index in [1.807, 2.05) is 19.9 Å². The number of amides is 2. The number of anilines is 2. The maximum atomic E-state index is 13.0. The maximum Gasteiger partial charge on any atom is 0.405 e. The molecule has 1 aliphatic heterocycles. The van der Waals surface area contributed by atoms with Crippen LogP contribution >= 0.6 is 12.4 Å². The van der Waals surface area contributed by atoms with Gasteiger partial charge in [0, 0.05) is 43.9 Å². The lowest BCUT2D eigenvalue weighted by Gasteiger charge is -2.30. The lowest BCUT2D eigenvalue weighted by Crippen LogP contribution is -2.37. The van der Waals surface area contributed by atoms with Gasteiger partial charge in [0.15, 0.2) is 6.10 Å². The molecule has 0 saturated carbocycles. The summed E-state index contributed by atoms with van der Waals surface area (Å²) in [4.78, 5) is 24.8. The number of aromatic hydroxyl groups is 2. The summed E-state index contributed by atoms with van der Waals surface area (Å²) in [6.45, 7) is 11.2. The molecule has 1 unspecified atom stereocenters. The van der Waals surface area contributed by atoms with Crippen molar-refractivity contribution in [3.63, 3.8) is 0 Å². The molecule has 1 aliphatic rings. The number of aliphatic hydroxyl groups is 1. The van der Waals surface area contributed by atoms with E-state index in [-0.39, 0.29) is 35.5 Å². The van der Waals surface area contributed by atoms with Gasteiger partial charge in [0.2, 0.25) is 0 Å². The van der Waals surface area contributed by atoms with Gasteiger partial charge in [0.1, 0.15) is 11.5 Å². The fraction of sp³-hybridized carbons (Fsp3) is 0.548. The number of rotatable bonds is 6. The standard InChI is InChI=1S/C31H47N3O8.ClH/c1-8-12-33-26-21-13-17(2)14-25(41-7)27(36)19(4)15-20(5)29(42-31(32)39)24(40-6)11-9-10-18(3)30(38)34-22(28(21)37)16-23(26)35;/h8,10,15-17,19,24-25,27,29,33,35-37H,1,9,11-14H2,2-7H3,(H2,32,39)(H,34,38);1H/b18-10+,20-15+;/t17-,19+,24?,25+,27-,29+;/m1./s1. The van der Waals surface area contributed by atoms with Crippen molar-refractivity contribution in [1.82, 2.24) is 0 Å². The first-order valence-corrected chi connectivity index (χ1v) is 14.1. The van der Waals surface area contributed by atoms with E-state index in [1.54, 1.807) is 26.0 Å². The van der Waals surface area contributed by atoms with Gasteiger partial charge in [-0.2, -0.15) is 0 Å². The molecule has 1 aromatic carbocycles. The molecule has 12 heteroatoms. The van der Waals surface area contributed by atoms with Crippen molar-refractivity contribution in [2.45, 2.75) is 77.8 Å². The molecule has 2 bridgehead atoms. The van der Waals surface area contributed by atoms with Crippen LogP contribution in [0.25, 0.3) is 0 Å². The lowest BCUT2D eigenvalue weighted by molar-refractivity contribution is -0.112. The molecule has 0 fully saturated rings. The summed E-state index contributed by atoms with van der Waals surface area (Å²) in [6, 6.07) is 1.30. The Labute approximate surface area is 260 Å². The number of benzene rings is 1. The van der Waals surface area contributed by atoms with E-state index in [2.05, 4.69) is 17.2 Å². The fourth-order valence-electron chi connectivity index (χ4n) is 5.29. The van der Waals surface area contributed by atoms with Crippen molar-refractivity contribution >= 4 is 35.8 Å². The summed E-state index contributed by atoms with van der Waals surface area (Å²) < 4.78 is 16.8. The Kier molecular flexibility index (Phi) is 15.6. The first-order valence-electron chi connectivity index (χ1n) is 14.1. The lowest BCUT2D eigenvalue weighted by atomic mass is 9.87. The van der Waals surface area contributed by atoms with Gasteiger partial charge in [0.25, 0.3) is 5.91 Å². The minimum atomic E-state index is -0.956. The average molecular weight is 626 g/mol. The number of aliphatic hydroxyl groups excluding tert-OH is 1. The van der Waals surface area contributed by atoms with E-state index < -0.39 is 42.3 Å². The van der Waals surface area contributed by atoms with Crippen molar-refractivity contribution in [1.29, 1.82) is 0 Å². The SMILES string of the molecule is C=CCNc1c(O)cc2c(O)c1C[C@@H](C)C[C@H](OC)[C@H](O)[C@@H](C)/C=C(\C)[C@H](OC(N)=O)C(OC)CC/C=C(\C)C(=O)N2.Cl. The number of nitrogens with one attached hydrogen (secondary N) is 2. The van der Waals surface area contributed by atoms with E-state index in [0.29, 0.717) is 54.6 Å². The zero-order valence-electron chi connectivity index (χ0n) is 25.9. The van der Waals surface area contributed by atoms with Crippen molar-refractivity contribution in [3.05, 3.63) is 47.6 Å². The van der Waals surface area contributed by atoms with Crippen LogP contribution in [0.1, 0.15) is 52.5 Å². The summed E-state index contributed by atoms with van der Waals surface area (Å²) in [5.74, 6) is -1.29. The number of primary amides is 1. The Morgan fingerprint density at radius 3 is 2.44 bits per heavy atom. The van der Waals surface area contributed by atoms with Crippen LogP contribution in [-0.2, 0) is 25.4 Å². The minimum absolute atomic E-state index is 0. The van der Waals surface area contributed by atoms with Gasteiger partial charge in [-0.1, -0.05) is 32.1 Å². The molecule has 2 amide bonds. The Balaban J connectivity index is 0.00000924. The molecule has 0 spiro atoms. The number of carbonyl (C=O) groups excluding carboxylic acids is 2. The molecule has 242 valence electrons. The molecule has 0 saturated heterocycles. The molecule has 7 N–H and O–H groups in total. The number of hydrogen-bond donors (Lipinski definition) is 6. The van der Waals surface area contributed by atoms with Gasteiger partial charge in [0.05, 0.1) is 29.7 Å². The third-order valence-electron chi connectivity index (χ3n) is 7.58. The number of halogens is 1. The van der Waals surface area contributed by atoms with Gasteiger partial charge in [-0.05, 0) is 51.0 Å². The topological polar surface area (TPSA) is 173 Å². The second-order valence-corrected chi connectivity index (χ2v) is 10.9. The molecule has 0 aliphatic carbocycles. The third kappa shape index (κ3) is 10.5. The second kappa shape index (κ2) is 17.8. The van der Waals surface area contributed by atoms with Gasteiger partial charge < -0.3 is 45.9 Å². The molecule has 11 nitrogen and oxygen atoms in total. The number of nitrogens with two attached hydrogens (primary N) is 1. The van der Waals surface area contributed by atoms with E-state index in [4.69, 9.17) is 19.9 Å². The van der Waals surface area contributed by atoms with E-state index in [9.17, 15) is 24.9 Å². The monoisotopic (exact) mass is 625 g/mol. The van der Waals surface area contributed by atoms with Crippen LogP contribution in [-0.4, -0.2) is 72.5 Å². The normalized spacial score (nSPS) is 28.2. The van der Waals surface area contributed by atoms with Crippen LogP contribution in [0.15, 0.2) is 42.0 Å². The van der Waals surface area contributed by atoms with Crippen molar-refractivity contribution in [3.8, 4) is 11.5 Å². The van der Waals surface area contributed by atoms with Gasteiger partial charge in [-0.3, -0.25) is 4.79 Å². The average Bonchev–Trinajstić information content (AvgIpc) is 2.94. The zero-order chi connectivity index (χ0) is 31.6. The first-order chi connectivity index (χ1) is 19.8. The number of methoxy groups -OCH3 is 2. The van der Waals surface area contributed by atoms with Crippen LogP contribution < -0.4 is 16.4 Å². The third-order valence-corrected chi connectivity index (χ3v) is 7.58. The van der Waals surface area contributed by atoms with Crippen LogP contribution in [0.5, 0.6) is 11.5 Å². The smallest absolute Gasteiger partial charge is 0.405 e. The molecular weight excluding hydrogens is 578 g/mol. The summed E-state index contributed by atoms with van der Waals surface area (Å²) in [5, 5.41) is 39.1. The van der Waals surface area contributed by atoms with Crippen LogP contribution in [0, 0.1) is 11.8 Å². The number of phenolic OH excluding ortho intramolecular Hbond substituents is 2. The van der Waals surface area contributed by atoms with Crippen molar-refractivity contribution in [2.75, 3.05) is 31.4 Å². The second-order valence-electron chi connectivity index (χ2n) is 10.9. The van der Waals surface area contributed by atoms with Crippen molar-refractivity contribution < 1.29 is 39.1 Å². The number of hydrogen-bond acceptors (Lipinski definition) is 9. The highest BCUT2D eigenvalue weighted by Gasteiger charge is 2.30. The highest BCUT2D eigenvalue weighted by Crippen LogP contribution is 2.42. The summed E-state index contributed by atoms with van der Waals surface area (Å²) in [5.41, 5.74) is 7.22. The number of fused-ring (bicyclic) bond motifs is 2. The molecule has 0 aromatic heterocycles. The summed E-state index contributed by atoms with van der Waals surface area (Å²) in [6.07, 6.45) is 2.82. The molecule has 2 rings (SSSR count). The molecule has 1 heterocycles. The Morgan fingerprint density at radius 1 is 1.21 bits per heavy atom. The predicted molar refractivity (Wildman–Crippen MR) is 170 cm³/mol. The van der Waals surface area contributed by atoms with Gasteiger partial charge in [-0.15, -0.1) is 19.0 Å². The fourth-order valence-corrected chi connectivity index (χ4v) is 5.29. The summed E-state index contributed by atoms with van der Waals surface area (Å²) in [7, 11) is 3.01. The molecule has 0 radical (unpaired) electrons. The van der Waals surface area contributed by atoms with E-state index >= 15 is 0 Å². The Morgan fingerprint density at radius 2 is 1.86 bits per heavy atom. The minimum Gasteiger partial charge on any atom is -0.506 e. The predicted octanol–water partition coefficient (Wildman–Crippen LogP) is 4.80. The van der Waals surface area contributed by atoms with Crippen LogP contribution in [0.2, 0.25) is 0 Å². The van der Waals surface area contributed by atoms with E-state index in [1.165, 1.54) is 20.3 Å². The number of phenols is 2. The number of ether oxygens (including phenoxy) is 3. The number of carbonyl (C=O) groups is 2. The highest BCUT2D eigenvalue weighted by molar-refractivity contribution is 6.04. The Hall–Kier alpha value is -3.25. The largest absolute Gasteiger partial charge is 0.506 e. The zero-order valence-corrected chi connectivity index (χ0v) is 26.7. The molecule has 6 atom stereocenters.